The minimum absolute atomic E-state index is 0.0519. The molecule has 0 unspecified atom stereocenters. The lowest BCUT2D eigenvalue weighted by molar-refractivity contribution is 0.102. The van der Waals surface area contributed by atoms with Gasteiger partial charge in [-0.25, -0.2) is 18.7 Å². The minimum atomic E-state index is -0.756. The molecule has 1 aromatic heterocycles. The summed E-state index contributed by atoms with van der Waals surface area (Å²) in [5.41, 5.74) is 1.99. The molecule has 0 radical (unpaired) electrons. The number of nitrogens with zero attached hydrogens (tertiary/aromatic N) is 2. The normalized spacial score (nSPS) is 10.5. The molecule has 0 saturated heterocycles. The van der Waals surface area contributed by atoms with Gasteiger partial charge in [0.05, 0.1) is 5.69 Å². The minimum Gasteiger partial charge on any atom is -0.338 e. The Hall–Kier alpha value is -3.35. The van der Waals surface area contributed by atoms with E-state index in [0.717, 1.165) is 18.6 Å². The molecular formula is C20H18F2N4O. The molecule has 0 aliphatic carbocycles. The molecule has 1 heterocycles. The fourth-order valence-corrected chi connectivity index (χ4v) is 2.50. The largest absolute Gasteiger partial charge is 0.338 e. The highest BCUT2D eigenvalue weighted by Gasteiger charge is 2.12. The number of nitrogens with one attached hydrogen (secondary N) is 2. The van der Waals surface area contributed by atoms with Crippen molar-refractivity contribution in [2.45, 2.75) is 20.3 Å². The first-order chi connectivity index (χ1) is 12.9. The number of carbonyl (C=O) groups is 1. The first-order valence-electron chi connectivity index (χ1n) is 8.42. The lowest BCUT2D eigenvalue weighted by atomic mass is 10.1. The van der Waals surface area contributed by atoms with Gasteiger partial charge in [-0.2, -0.15) is 0 Å². The number of anilines is 3. The lowest BCUT2D eigenvalue weighted by Gasteiger charge is -2.10. The number of aromatic nitrogens is 2. The second-order valence-electron chi connectivity index (χ2n) is 5.94. The van der Waals surface area contributed by atoms with Crippen molar-refractivity contribution >= 4 is 23.1 Å². The van der Waals surface area contributed by atoms with Crippen molar-refractivity contribution in [3.05, 3.63) is 77.2 Å². The predicted octanol–water partition coefficient (Wildman–Crippen LogP) is 4.62. The van der Waals surface area contributed by atoms with E-state index in [1.165, 1.54) is 17.7 Å². The van der Waals surface area contributed by atoms with Gasteiger partial charge in [-0.05, 0) is 43.2 Å². The summed E-state index contributed by atoms with van der Waals surface area (Å²) in [6, 6.07) is 12.1. The Bertz CT molecular complexity index is 974. The van der Waals surface area contributed by atoms with Crippen LogP contribution in [0.1, 0.15) is 28.8 Å². The van der Waals surface area contributed by atoms with Crippen LogP contribution in [0.25, 0.3) is 0 Å². The summed E-state index contributed by atoms with van der Waals surface area (Å²) >= 11 is 0. The molecular weight excluding hydrogens is 350 g/mol. The summed E-state index contributed by atoms with van der Waals surface area (Å²) in [4.78, 5) is 20.8. The Balaban J connectivity index is 1.80. The van der Waals surface area contributed by atoms with Gasteiger partial charge < -0.3 is 10.6 Å². The van der Waals surface area contributed by atoms with Gasteiger partial charge in [-0.3, -0.25) is 4.79 Å². The molecule has 0 fully saturated rings. The van der Waals surface area contributed by atoms with Crippen molar-refractivity contribution < 1.29 is 13.6 Å². The van der Waals surface area contributed by atoms with Crippen LogP contribution >= 0.6 is 0 Å². The average molecular weight is 368 g/mol. The van der Waals surface area contributed by atoms with E-state index >= 15 is 0 Å². The monoisotopic (exact) mass is 368 g/mol. The Morgan fingerprint density at radius 3 is 2.44 bits per heavy atom. The van der Waals surface area contributed by atoms with Crippen LogP contribution in [-0.4, -0.2) is 15.9 Å². The SMILES string of the molecule is CCc1ccc(NC(=O)c2cc(Nc3ccc(F)cc3F)nc(C)n2)cc1. The Morgan fingerprint density at radius 2 is 1.78 bits per heavy atom. The van der Waals surface area contributed by atoms with E-state index in [-0.39, 0.29) is 17.2 Å². The molecule has 0 aliphatic rings. The van der Waals surface area contributed by atoms with E-state index in [1.54, 1.807) is 6.92 Å². The van der Waals surface area contributed by atoms with Crippen LogP contribution in [0.15, 0.2) is 48.5 Å². The third-order valence-corrected chi connectivity index (χ3v) is 3.88. The summed E-state index contributed by atoms with van der Waals surface area (Å²) in [7, 11) is 0. The number of amides is 1. The smallest absolute Gasteiger partial charge is 0.274 e. The third-order valence-electron chi connectivity index (χ3n) is 3.88. The van der Waals surface area contributed by atoms with Gasteiger partial charge in [0.2, 0.25) is 0 Å². The predicted molar refractivity (Wildman–Crippen MR) is 100 cm³/mol. The average Bonchev–Trinajstić information content (AvgIpc) is 2.64. The van der Waals surface area contributed by atoms with E-state index in [1.807, 2.05) is 24.3 Å². The topological polar surface area (TPSA) is 66.9 Å². The maximum Gasteiger partial charge on any atom is 0.274 e. The van der Waals surface area contributed by atoms with Crippen LogP contribution in [0.5, 0.6) is 0 Å². The van der Waals surface area contributed by atoms with Gasteiger partial charge in [0.1, 0.15) is 29.0 Å². The Labute approximate surface area is 155 Å². The fourth-order valence-electron chi connectivity index (χ4n) is 2.50. The maximum atomic E-state index is 13.8. The van der Waals surface area contributed by atoms with E-state index < -0.39 is 17.5 Å². The van der Waals surface area contributed by atoms with Crippen molar-refractivity contribution in [3.8, 4) is 0 Å². The van der Waals surface area contributed by atoms with Crippen LogP contribution in [-0.2, 0) is 6.42 Å². The van der Waals surface area contributed by atoms with Crippen LogP contribution < -0.4 is 10.6 Å². The molecule has 7 heteroatoms. The molecule has 0 spiro atoms. The number of benzene rings is 2. The molecule has 138 valence electrons. The van der Waals surface area contributed by atoms with E-state index in [4.69, 9.17) is 0 Å². The molecule has 1 amide bonds. The standard InChI is InChI=1S/C20H18F2N4O/c1-3-13-4-7-15(8-5-13)25-20(27)18-11-19(24-12(2)23-18)26-17-9-6-14(21)10-16(17)22/h4-11H,3H2,1-2H3,(H,25,27)(H,23,24,26). The summed E-state index contributed by atoms with van der Waals surface area (Å²) in [6.45, 7) is 3.68. The first-order valence-corrected chi connectivity index (χ1v) is 8.42. The second-order valence-corrected chi connectivity index (χ2v) is 5.94. The molecule has 2 N–H and O–H groups in total. The molecule has 0 bridgehead atoms. The molecule has 0 saturated carbocycles. The zero-order valence-corrected chi connectivity index (χ0v) is 14.9. The van der Waals surface area contributed by atoms with Crippen molar-refractivity contribution in [2.75, 3.05) is 10.6 Å². The molecule has 2 aromatic carbocycles. The summed E-state index contributed by atoms with van der Waals surface area (Å²) in [6.07, 6.45) is 0.911. The second kappa shape index (κ2) is 7.90. The highest BCUT2D eigenvalue weighted by molar-refractivity contribution is 6.03. The quantitative estimate of drug-likeness (QED) is 0.689. The van der Waals surface area contributed by atoms with Gasteiger partial charge in [0.25, 0.3) is 5.91 Å². The maximum absolute atomic E-state index is 13.8. The lowest BCUT2D eigenvalue weighted by Crippen LogP contribution is -2.15. The summed E-state index contributed by atoms with van der Waals surface area (Å²) < 4.78 is 26.8. The van der Waals surface area contributed by atoms with Crippen molar-refractivity contribution in [2.24, 2.45) is 0 Å². The number of aryl methyl sites for hydroxylation is 2. The van der Waals surface area contributed by atoms with Gasteiger partial charge >= 0.3 is 0 Å². The molecule has 3 aromatic rings. The van der Waals surface area contributed by atoms with Crippen LogP contribution in [0, 0.1) is 18.6 Å². The molecule has 5 nitrogen and oxygen atoms in total. The van der Waals surface area contributed by atoms with Gasteiger partial charge in [-0.1, -0.05) is 19.1 Å². The highest BCUT2D eigenvalue weighted by atomic mass is 19.1. The van der Waals surface area contributed by atoms with Crippen LogP contribution in [0.2, 0.25) is 0 Å². The molecule has 0 aliphatic heterocycles. The Kier molecular flexibility index (Phi) is 5.40. The van der Waals surface area contributed by atoms with Gasteiger partial charge in [-0.15, -0.1) is 0 Å². The molecule has 3 rings (SSSR count). The third kappa shape index (κ3) is 4.63. The number of hydrogen-bond donors (Lipinski definition) is 2. The van der Waals surface area contributed by atoms with Crippen LogP contribution in [0.3, 0.4) is 0 Å². The van der Waals surface area contributed by atoms with Crippen molar-refractivity contribution in [1.29, 1.82) is 0 Å². The Morgan fingerprint density at radius 1 is 1.04 bits per heavy atom. The van der Waals surface area contributed by atoms with Crippen molar-refractivity contribution in [1.82, 2.24) is 9.97 Å². The zero-order chi connectivity index (χ0) is 19.4. The number of rotatable bonds is 5. The fraction of sp³-hybridized carbons (Fsp3) is 0.150. The first kappa shape index (κ1) is 18.4. The van der Waals surface area contributed by atoms with Crippen molar-refractivity contribution in [3.63, 3.8) is 0 Å². The number of halogens is 2. The molecule has 27 heavy (non-hydrogen) atoms. The van der Waals surface area contributed by atoms with Crippen LogP contribution in [0.4, 0.5) is 26.0 Å². The number of hydrogen-bond acceptors (Lipinski definition) is 4. The summed E-state index contributed by atoms with van der Waals surface area (Å²) in [5.74, 6) is -1.26. The van der Waals surface area contributed by atoms with E-state index in [2.05, 4.69) is 27.5 Å². The van der Waals surface area contributed by atoms with Gasteiger partial charge in [0.15, 0.2) is 0 Å². The van der Waals surface area contributed by atoms with E-state index in [0.29, 0.717) is 11.5 Å². The van der Waals surface area contributed by atoms with Gasteiger partial charge in [0, 0.05) is 17.8 Å². The zero-order valence-electron chi connectivity index (χ0n) is 14.9. The van der Waals surface area contributed by atoms with E-state index in [9.17, 15) is 13.6 Å². The molecule has 0 atom stereocenters. The summed E-state index contributed by atoms with van der Waals surface area (Å²) in [5, 5.41) is 5.51. The number of carbonyl (C=O) groups excluding carboxylic acids is 1. The highest BCUT2D eigenvalue weighted by Crippen LogP contribution is 2.20.